The number of anilines is 1. The summed E-state index contributed by atoms with van der Waals surface area (Å²) >= 11 is 0. The Morgan fingerprint density at radius 2 is 1.70 bits per heavy atom. The maximum atomic E-state index is 12.1. The molecule has 3 rings (SSSR count). The Balaban J connectivity index is 1.44. The van der Waals surface area contributed by atoms with Gasteiger partial charge in [0.1, 0.15) is 5.75 Å². The number of hydrogen-bond donors (Lipinski definition) is 1. The lowest BCUT2D eigenvalue weighted by molar-refractivity contribution is -0.118. The summed E-state index contributed by atoms with van der Waals surface area (Å²) in [6.07, 6.45) is 10.1. The molecule has 0 saturated heterocycles. The van der Waals surface area contributed by atoms with Crippen LogP contribution in [0.15, 0.2) is 48.5 Å². The zero-order valence-electron chi connectivity index (χ0n) is 16.4. The van der Waals surface area contributed by atoms with Crippen LogP contribution in [0.25, 0.3) is 0 Å². The van der Waals surface area contributed by atoms with Gasteiger partial charge >= 0.3 is 0 Å². The number of nitrogens with one attached hydrogen (secondary N) is 1. The third-order valence-electron chi connectivity index (χ3n) is 5.38. The van der Waals surface area contributed by atoms with Crippen LogP contribution < -0.4 is 10.1 Å². The molecule has 1 saturated carbocycles. The van der Waals surface area contributed by atoms with E-state index >= 15 is 0 Å². The summed E-state index contributed by atoms with van der Waals surface area (Å²) in [5.74, 6) is 1.31. The van der Waals surface area contributed by atoms with Gasteiger partial charge in [0.2, 0.25) is 0 Å². The molecular formula is C24H31NO2. The third-order valence-corrected chi connectivity index (χ3v) is 5.38. The molecule has 0 radical (unpaired) electrons. The van der Waals surface area contributed by atoms with Crippen molar-refractivity contribution in [3.8, 4) is 5.75 Å². The lowest BCUT2D eigenvalue weighted by atomic mass is 9.84. The number of carbonyl (C=O) groups excluding carboxylic acids is 1. The molecule has 1 aliphatic rings. The predicted molar refractivity (Wildman–Crippen MR) is 111 cm³/mol. The quantitative estimate of drug-likeness (QED) is 0.614. The van der Waals surface area contributed by atoms with E-state index in [9.17, 15) is 4.79 Å². The largest absolute Gasteiger partial charge is 0.484 e. The third kappa shape index (κ3) is 6.13. The van der Waals surface area contributed by atoms with E-state index in [1.807, 2.05) is 24.3 Å². The highest BCUT2D eigenvalue weighted by Gasteiger charge is 2.15. The van der Waals surface area contributed by atoms with Crippen molar-refractivity contribution in [1.29, 1.82) is 0 Å². The van der Waals surface area contributed by atoms with Gasteiger partial charge in [0.05, 0.1) is 0 Å². The summed E-state index contributed by atoms with van der Waals surface area (Å²) < 4.78 is 5.65. The van der Waals surface area contributed by atoms with Crippen LogP contribution in [-0.4, -0.2) is 12.5 Å². The van der Waals surface area contributed by atoms with Crippen LogP contribution in [0.2, 0.25) is 0 Å². The summed E-state index contributed by atoms with van der Waals surface area (Å²) in [5, 5.41) is 2.89. The Bertz CT molecular complexity index is 700. The first-order valence-electron chi connectivity index (χ1n) is 10.4. The van der Waals surface area contributed by atoms with Gasteiger partial charge in [-0.2, -0.15) is 0 Å². The van der Waals surface area contributed by atoms with Crippen LogP contribution in [0.5, 0.6) is 5.75 Å². The fourth-order valence-electron chi connectivity index (χ4n) is 3.75. The van der Waals surface area contributed by atoms with Gasteiger partial charge in [0.15, 0.2) is 6.61 Å². The smallest absolute Gasteiger partial charge is 0.262 e. The molecule has 3 nitrogen and oxygen atoms in total. The Morgan fingerprint density at radius 3 is 2.37 bits per heavy atom. The zero-order valence-corrected chi connectivity index (χ0v) is 16.4. The van der Waals surface area contributed by atoms with Crippen molar-refractivity contribution in [3.05, 3.63) is 59.7 Å². The molecule has 2 aromatic carbocycles. The summed E-state index contributed by atoms with van der Waals surface area (Å²) in [7, 11) is 0. The molecule has 0 bridgehead atoms. The minimum absolute atomic E-state index is 0.0281. The van der Waals surface area contributed by atoms with Crippen molar-refractivity contribution in [2.75, 3.05) is 11.9 Å². The fraction of sp³-hybridized carbons (Fsp3) is 0.458. The van der Waals surface area contributed by atoms with E-state index in [4.69, 9.17) is 4.74 Å². The Morgan fingerprint density at radius 1 is 1.00 bits per heavy atom. The van der Waals surface area contributed by atoms with Crippen molar-refractivity contribution in [1.82, 2.24) is 0 Å². The van der Waals surface area contributed by atoms with Crippen molar-refractivity contribution >= 4 is 11.6 Å². The molecule has 2 aromatic rings. The second kappa shape index (κ2) is 10.1. The van der Waals surface area contributed by atoms with E-state index < -0.39 is 0 Å². The van der Waals surface area contributed by atoms with Gasteiger partial charge in [0.25, 0.3) is 5.91 Å². The number of aryl methyl sites for hydroxylation is 1. The normalized spacial score (nSPS) is 14.7. The average molecular weight is 366 g/mol. The number of benzene rings is 2. The van der Waals surface area contributed by atoms with Crippen LogP contribution in [0.4, 0.5) is 5.69 Å². The van der Waals surface area contributed by atoms with E-state index in [-0.39, 0.29) is 12.5 Å². The molecular weight excluding hydrogens is 334 g/mol. The second-order valence-electron chi connectivity index (χ2n) is 7.54. The maximum absolute atomic E-state index is 12.1. The molecule has 0 aliphatic heterocycles. The molecule has 0 aromatic heterocycles. The Labute approximate surface area is 163 Å². The van der Waals surface area contributed by atoms with E-state index in [0.717, 1.165) is 17.9 Å². The van der Waals surface area contributed by atoms with Gasteiger partial charge in [-0.1, -0.05) is 56.9 Å². The van der Waals surface area contributed by atoms with Crippen molar-refractivity contribution < 1.29 is 9.53 Å². The molecule has 1 amide bonds. The van der Waals surface area contributed by atoms with Gasteiger partial charge < -0.3 is 10.1 Å². The van der Waals surface area contributed by atoms with Crippen LogP contribution in [0.1, 0.15) is 68.9 Å². The van der Waals surface area contributed by atoms with Gasteiger partial charge in [-0.05, 0) is 67.0 Å². The molecule has 3 heteroatoms. The average Bonchev–Trinajstić information content (AvgIpc) is 2.73. The van der Waals surface area contributed by atoms with Gasteiger partial charge in [-0.3, -0.25) is 4.79 Å². The molecule has 27 heavy (non-hydrogen) atoms. The summed E-state index contributed by atoms with van der Waals surface area (Å²) in [4.78, 5) is 12.1. The standard InChI is InChI=1S/C24H31NO2/c1-2-3-7-19-10-14-22(15-11-19)25-24(26)18-27-23-16-12-21(13-17-23)20-8-5-4-6-9-20/h10-17,20H,2-9,18H2,1H3,(H,25,26). The first-order chi connectivity index (χ1) is 13.2. The fourth-order valence-corrected chi connectivity index (χ4v) is 3.75. The Hall–Kier alpha value is -2.29. The number of amides is 1. The molecule has 1 fully saturated rings. The highest BCUT2D eigenvalue weighted by molar-refractivity contribution is 5.91. The number of unbranched alkanes of at least 4 members (excludes halogenated alkanes) is 1. The molecule has 1 aliphatic carbocycles. The number of ether oxygens (including phenoxy) is 1. The van der Waals surface area contributed by atoms with E-state index in [2.05, 4.69) is 36.5 Å². The predicted octanol–water partition coefficient (Wildman–Crippen LogP) is 6.09. The maximum Gasteiger partial charge on any atom is 0.262 e. The monoisotopic (exact) mass is 365 g/mol. The minimum Gasteiger partial charge on any atom is -0.484 e. The first kappa shape index (κ1) is 19.5. The molecule has 1 N–H and O–H groups in total. The zero-order chi connectivity index (χ0) is 18.9. The molecule has 0 atom stereocenters. The van der Waals surface area contributed by atoms with Crippen LogP contribution in [-0.2, 0) is 11.2 Å². The summed E-state index contributed by atoms with van der Waals surface area (Å²) in [6.45, 7) is 2.22. The number of rotatable bonds is 8. The number of carbonyl (C=O) groups is 1. The molecule has 0 unspecified atom stereocenters. The lowest BCUT2D eigenvalue weighted by Crippen LogP contribution is -2.20. The van der Waals surface area contributed by atoms with E-state index in [1.165, 1.54) is 56.1 Å². The SMILES string of the molecule is CCCCc1ccc(NC(=O)COc2ccc(C3CCCCC3)cc2)cc1. The topological polar surface area (TPSA) is 38.3 Å². The van der Waals surface area contributed by atoms with E-state index in [0.29, 0.717) is 5.92 Å². The molecule has 0 heterocycles. The van der Waals surface area contributed by atoms with Crippen LogP contribution >= 0.6 is 0 Å². The van der Waals surface area contributed by atoms with Crippen LogP contribution in [0, 0.1) is 0 Å². The van der Waals surface area contributed by atoms with Crippen molar-refractivity contribution in [2.24, 2.45) is 0 Å². The lowest BCUT2D eigenvalue weighted by Gasteiger charge is -2.22. The summed E-state index contributed by atoms with van der Waals surface area (Å²) in [5.41, 5.74) is 3.52. The first-order valence-corrected chi connectivity index (χ1v) is 10.4. The minimum atomic E-state index is -0.132. The van der Waals surface area contributed by atoms with Crippen molar-refractivity contribution in [3.63, 3.8) is 0 Å². The van der Waals surface area contributed by atoms with Crippen molar-refractivity contribution in [2.45, 2.75) is 64.2 Å². The highest BCUT2D eigenvalue weighted by Crippen LogP contribution is 2.33. The van der Waals surface area contributed by atoms with Gasteiger partial charge in [0, 0.05) is 5.69 Å². The van der Waals surface area contributed by atoms with Crippen LogP contribution in [0.3, 0.4) is 0 Å². The van der Waals surface area contributed by atoms with E-state index in [1.54, 1.807) is 0 Å². The Kier molecular flexibility index (Phi) is 7.32. The summed E-state index contributed by atoms with van der Waals surface area (Å²) in [6, 6.07) is 16.4. The highest BCUT2D eigenvalue weighted by atomic mass is 16.5. The number of hydrogen-bond acceptors (Lipinski definition) is 2. The van der Waals surface area contributed by atoms with Gasteiger partial charge in [-0.15, -0.1) is 0 Å². The molecule has 144 valence electrons. The molecule has 0 spiro atoms. The second-order valence-corrected chi connectivity index (χ2v) is 7.54. The van der Waals surface area contributed by atoms with Gasteiger partial charge in [-0.25, -0.2) is 0 Å².